The Kier molecular flexibility index (Phi) is 5.29. The van der Waals surface area contributed by atoms with Gasteiger partial charge in [-0.05, 0) is 46.7 Å². The molecule has 0 unspecified atom stereocenters. The number of hydrogen-bond acceptors (Lipinski definition) is 3. The first-order valence-electron chi connectivity index (χ1n) is 9.27. The highest BCUT2D eigenvalue weighted by molar-refractivity contribution is 6.07. The van der Waals surface area contributed by atoms with Crippen LogP contribution in [-0.2, 0) is 6.54 Å². The molecule has 4 rings (SSSR count). The molecule has 0 bridgehead atoms. The normalized spacial score (nSPS) is 10.5. The number of benzene rings is 3. The van der Waals surface area contributed by atoms with E-state index in [2.05, 4.69) is 15.6 Å². The first-order valence-corrected chi connectivity index (χ1v) is 9.27. The Morgan fingerprint density at radius 3 is 2.38 bits per heavy atom. The Labute approximate surface area is 168 Å². The summed E-state index contributed by atoms with van der Waals surface area (Å²) in [6, 6.07) is 24.3. The molecule has 0 aliphatic carbocycles. The molecule has 0 fully saturated rings. The highest BCUT2D eigenvalue weighted by Gasteiger charge is 2.10. The number of rotatable bonds is 5. The number of anilines is 1. The van der Waals surface area contributed by atoms with Crippen LogP contribution in [0.15, 0.2) is 91.3 Å². The van der Waals surface area contributed by atoms with Crippen molar-refractivity contribution in [2.45, 2.75) is 6.54 Å². The highest BCUT2D eigenvalue weighted by atomic mass is 16.2. The zero-order chi connectivity index (χ0) is 20.1. The standard InChI is InChI=1S/C24H19N3O2/c28-23(19-7-4-14-25-16-19)27-20-12-10-17(11-13-20)15-26-24(29)22-9-3-6-18-5-1-2-8-21(18)22/h1-14,16H,15H2,(H,26,29)(H,27,28). The third-order valence-corrected chi connectivity index (χ3v) is 4.62. The molecule has 2 N–H and O–H groups in total. The van der Waals surface area contributed by atoms with E-state index in [4.69, 9.17) is 0 Å². The van der Waals surface area contributed by atoms with Crippen molar-refractivity contribution >= 4 is 28.3 Å². The molecule has 0 saturated heterocycles. The average molecular weight is 381 g/mol. The largest absolute Gasteiger partial charge is 0.348 e. The Bertz CT molecular complexity index is 1150. The molecule has 3 aromatic carbocycles. The number of fused-ring (bicyclic) bond motifs is 1. The molecule has 5 heteroatoms. The van der Waals surface area contributed by atoms with Gasteiger partial charge < -0.3 is 10.6 Å². The van der Waals surface area contributed by atoms with Gasteiger partial charge in [0, 0.05) is 30.2 Å². The van der Waals surface area contributed by atoms with E-state index in [-0.39, 0.29) is 11.8 Å². The highest BCUT2D eigenvalue weighted by Crippen LogP contribution is 2.18. The Morgan fingerprint density at radius 1 is 0.793 bits per heavy atom. The second kappa shape index (κ2) is 8.35. The van der Waals surface area contributed by atoms with E-state index in [1.54, 1.807) is 18.3 Å². The summed E-state index contributed by atoms with van der Waals surface area (Å²) in [7, 11) is 0. The van der Waals surface area contributed by atoms with E-state index >= 15 is 0 Å². The molecule has 0 aliphatic heterocycles. The maximum Gasteiger partial charge on any atom is 0.257 e. The fraction of sp³-hybridized carbons (Fsp3) is 0.0417. The number of nitrogens with zero attached hydrogens (tertiary/aromatic N) is 1. The summed E-state index contributed by atoms with van der Waals surface area (Å²) >= 11 is 0. The van der Waals surface area contributed by atoms with Crippen LogP contribution >= 0.6 is 0 Å². The summed E-state index contributed by atoms with van der Waals surface area (Å²) in [5.74, 6) is -0.328. The molecule has 29 heavy (non-hydrogen) atoms. The van der Waals surface area contributed by atoms with Crippen LogP contribution < -0.4 is 10.6 Å². The van der Waals surface area contributed by atoms with Crippen LogP contribution in [0.25, 0.3) is 10.8 Å². The second-order valence-electron chi connectivity index (χ2n) is 6.60. The first kappa shape index (κ1) is 18.4. The predicted octanol–water partition coefficient (Wildman–Crippen LogP) is 4.42. The van der Waals surface area contributed by atoms with Crippen LogP contribution in [0.2, 0.25) is 0 Å². The molecule has 1 aromatic heterocycles. The molecule has 0 saturated carbocycles. The van der Waals surface area contributed by atoms with E-state index in [9.17, 15) is 9.59 Å². The summed E-state index contributed by atoms with van der Waals surface area (Å²) in [5, 5.41) is 7.76. The zero-order valence-corrected chi connectivity index (χ0v) is 15.6. The van der Waals surface area contributed by atoms with Crippen molar-refractivity contribution in [3.8, 4) is 0 Å². The van der Waals surface area contributed by atoms with E-state index in [0.29, 0.717) is 23.4 Å². The van der Waals surface area contributed by atoms with Crippen molar-refractivity contribution < 1.29 is 9.59 Å². The smallest absolute Gasteiger partial charge is 0.257 e. The lowest BCUT2D eigenvalue weighted by molar-refractivity contribution is 0.0951. The molecule has 4 aromatic rings. The minimum absolute atomic E-state index is 0.115. The fourth-order valence-electron chi connectivity index (χ4n) is 3.11. The Morgan fingerprint density at radius 2 is 1.59 bits per heavy atom. The number of hydrogen-bond donors (Lipinski definition) is 2. The average Bonchev–Trinajstić information content (AvgIpc) is 2.78. The predicted molar refractivity (Wildman–Crippen MR) is 114 cm³/mol. The quantitative estimate of drug-likeness (QED) is 0.538. The summed E-state index contributed by atoms with van der Waals surface area (Å²) < 4.78 is 0. The zero-order valence-electron chi connectivity index (χ0n) is 15.6. The van der Waals surface area contributed by atoms with Crippen LogP contribution in [0.5, 0.6) is 0 Å². The van der Waals surface area contributed by atoms with Crippen LogP contribution in [0.4, 0.5) is 5.69 Å². The maximum atomic E-state index is 12.6. The summed E-state index contributed by atoms with van der Waals surface area (Å²) in [6.45, 7) is 0.402. The molecule has 2 amide bonds. The summed E-state index contributed by atoms with van der Waals surface area (Å²) in [6.07, 6.45) is 3.14. The number of nitrogens with one attached hydrogen (secondary N) is 2. The van der Waals surface area contributed by atoms with Gasteiger partial charge >= 0.3 is 0 Å². The van der Waals surface area contributed by atoms with Crippen LogP contribution in [0.1, 0.15) is 26.3 Å². The van der Waals surface area contributed by atoms with Crippen LogP contribution in [0, 0.1) is 0 Å². The topological polar surface area (TPSA) is 71.1 Å². The van der Waals surface area contributed by atoms with Gasteiger partial charge in [0.1, 0.15) is 0 Å². The van der Waals surface area contributed by atoms with Crippen LogP contribution in [-0.4, -0.2) is 16.8 Å². The number of carbonyl (C=O) groups excluding carboxylic acids is 2. The first-order chi connectivity index (χ1) is 14.2. The van der Waals surface area contributed by atoms with E-state index in [1.165, 1.54) is 6.20 Å². The molecule has 0 radical (unpaired) electrons. The lowest BCUT2D eigenvalue weighted by Gasteiger charge is -2.09. The van der Waals surface area contributed by atoms with Crippen molar-refractivity contribution in [3.05, 3.63) is 108 Å². The van der Waals surface area contributed by atoms with Crippen molar-refractivity contribution in [3.63, 3.8) is 0 Å². The minimum Gasteiger partial charge on any atom is -0.348 e. The van der Waals surface area contributed by atoms with E-state index in [0.717, 1.165) is 16.3 Å². The number of carbonyl (C=O) groups is 2. The van der Waals surface area contributed by atoms with Gasteiger partial charge in [0.15, 0.2) is 0 Å². The van der Waals surface area contributed by atoms with Gasteiger partial charge in [0.2, 0.25) is 0 Å². The monoisotopic (exact) mass is 381 g/mol. The molecule has 0 spiro atoms. The third kappa shape index (κ3) is 4.30. The van der Waals surface area contributed by atoms with E-state index in [1.807, 2.05) is 66.7 Å². The molecular formula is C24H19N3O2. The maximum absolute atomic E-state index is 12.6. The minimum atomic E-state index is -0.213. The van der Waals surface area contributed by atoms with Gasteiger partial charge in [-0.1, -0.05) is 48.5 Å². The van der Waals surface area contributed by atoms with Crippen LogP contribution in [0.3, 0.4) is 0 Å². The van der Waals surface area contributed by atoms with Gasteiger partial charge in [-0.3, -0.25) is 14.6 Å². The third-order valence-electron chi connectivity index (χ3n) is 4.62. The number of pyridine rings is 1. The van der Waals surface area contributed by atoms with Gasteiger partial charge in [-0.25, -0.2) is 0 Å². The SMILES string of the molecule is O=C(Nc1ccc(CNC(=O)c2cccc3ccccc23)cc1)c1cccnc1. The van der Waals surface area contributed by atoms with Gasteiger partial charge in [0.25, 0.3) is 11.8 Å². The Hall–Kier alpha value is -3.99. The fourth-order valence-corrected chi connectivity index (χ4v) is 3.11. The van der Waals surface area contributed by atoms with Gasteiger partial charge in [-0.2, -0.15) is 0 Å². The summed E-state index contributed by atoms with van der Waals surface area (Å²) in [5.41, 5.74) is 2.78. The lowest BCUT2D eigenvalue weighted by Crippen LogP contribution is -2.23. The molecule has 5 nitrogen and oxygen atoms in total. The van der Waals surface area contributed by atoms with Crippen molar-refractivity contribution in [2.75, 3.05) is 5.32 Å². The Balaban J connectivity index is 1.39. The lowest BCUT2D eigenvalue weighted by atomic mass is 10.0. The number of aromatic nitrogens is 1. The molecular weight excluding hydrogens is 362 g/mol. The van der Waals surface area contributed by atoms with Gasteiger partial charge in [-0.15, -0.1) is 0 Å². The molecule has 0 aliphatic rings. The molecule has 1 heterocycles. The van der Waals surface area contributed by atoms with Gasteiger partial charge in [0.05, 0.1) is 5.56 Å². The number of amides is 2. The van der Waals surface area contributed by atoms with Crippen molar-refractivity contribution in [1.82, 2.24) is 10.3 Å². The van der Waals surface area contributed by atoms with Crippen molar-refractivity contribution in [2.24, 2.45) is 0 Å². The van der Waals surface area contributed by atoms with Crippen molar-refractivity contribution in [1.29, 1.82) is 0 Å². The van der Waals surface area contributed by atoms with E-state index < -0.39 is 0 Å². The molecule has 0 atom stereocenters. The summed E-state index contributed by atoms with van der Waals surface area (Å²) in [4.78, 5) is 28.7. The molecule has 142 valence electrons. The second-order valence-corrected chi connectivity index (χ2v) is 6.60.